The molecule has 0 bridgehead atoms. The molecule has 0 spiro atoms. The first-order valence-electron chi connectivity index (χ1n) is 6.04. The molecule has 0 saturated heterocycles. The van der Waals surface area contributed by atoms with Crippen LogP contribution in [-0.2, 0) is 9.59 Å². The molecule has 0 aliphatic heterocycles. The molecule has 0 radical (unpaired) electrons. The lowest BCUT2D eigenvalue weighted by atomic mass is 9.95. The number of aliphatic imine (C=N–C) groups is 2. The lowest BCUT2D eigenvalue weighted by Gasteiger charge is -2.12. The highest BCUT2D eigenvalue weighted by molar-refractivity contribution is 5.81. The number of benzene rings is 2. The molecular weight excluding hydrogens is 252 g/mol. The Kier molecular flexibility index (Phi) is 4.02. The van der Waals surface area contributed by atoms with Gasteiger partial charge >= 0.3 is 0 Å². The molecule has 0 aliphatic rings. The van der Waals surface area contributed by atoms with Crippen LogP contribution in [0.5, 0.6) is 0 Å². The van der Waals surface area contributed by atoms with E-state index in [0.29, 0.717) is 11.4 Å². The van der Waals surface area contributed by atoms with Crippen LogP contribution in [0.25, 0.3) is 11.1 Å². The molecule has 0 aromatic heterocycles. The van der Waals surface area contributed by atoms with Crippen molar-refractivity contribution >= 4 is 23.5 Å². The summed E-state index contributed by atoms with van der Waals surface area (Å²) >= 11 is 0. The molecule has 98 valence electrons. The maximum Gasteiger partial charge on any atom is 0.240 e. The summed E-state index contributed by atoms with van der Waals surface area (Å²) in [4.78, 5) is 28.3. The van der Waals surface area contributed by atoms with E-state index in [0.717, 1.165) is 22.3 Å². The van der Waals surface area contributed by atoms with Crippen LogP contribution in [0, 0.1) is 13.8 Å². The number of carbonyl (C=O) groups excluding carboxylic acids is 2. The monoisotopic (exact) mass is 264 g/mol. The van der Waals surface area contributed by atoms with Crippen molar-refractivity contribution in [1.29, 1.82) is 0 Å². The largest absolute Gasteiger partial charge is 0.240 e. The second-order valence-corrected chi connectivity index (χ2v) is 4.31. The van der Waals surface area contributed by atoms with Crippen LogP contribution >= 0.6 is 0 Å². The van der Waals surface area contributed by atoms with Crippen molar-refractivity contribution in [2.45, 2.75) is 13.8 Å². The molecule has 0 atom stereocenters. The first-order chi connectivity index (χ1) is 9.69. The fourth-order valence-corrected chi connectivity index (χ4v) is 2.12. The zero-order valence-electron chi connectivity index (χ0n) is 11.2. The average Bonchev–Trinajstić information content (AvgIpc) is 2.46. The van der Waals surface area contributed by atoms with Gasteiger partial charge in [0.2, 0.25) is 12.2 Å². The molecule has 20 heavy (non-hydrogen) atoms. The molecule has 4 heteroatoms. The van der Waals surface area contributed by atoms with E-state index in [2.05, 4.69) is 9.98 Å². The molecular formula is C16H12N2O2. The highest BCUT2D eigenvalue weighted by atomic mass is 16.1. The molecule has 0 unspecified atom stereocenters. The summed E-state index contributed by atoms with van der Waals surface area (Å²) in [5.41, 5.74) is 4.83. The number of hydrogen-bond donors (Lipinski definition) is 0. The minimum atomic E-state index is 0.566. The van der Waals surface area contributed by atoms with Gasteiger partial charge in [-0.25, -0.2) is 9.59 Å². The summed E-state index contributed by atoms with van der Waals surface area (Å²) in [6, 6.07) is 11.0. The first-order valence-corrected chi connectivity index (χ1v) is 6.04. The lowest BCUT2D eigenvalue weighted by molar-refractivity contribution is 0.564. The van der Waals surface area contributed by atoms with Crippen LogP contribution < -0.4 is 0 Å². The Morgan fingerprint density at radius 3 is 2.10 bits per heavy atom. The number of rotatable bonds is 3. The quantitative estimate of drug-likeness (QED) is 0.623. The van der Waals surface area contributed by atoms with Gasteiger partial charge in [0, 0.05) is 5.56 Å². The van der Waals surface area contributed by atoms with Gasteiger partial charge in [-0.2, -0.15) is 9.98 Å². The van der Waals surface area contributed by atoms with Gasteiger partial charge in [0.05, 0.1) is 11.4 Å². The van der Waals surface area contributed by atoms with E-state index in [1.54, 1.807) is 24.3 Å². The highest BCUT2D eigenvalue weighted by Crippen LogP contribution is 2.35. The third-order valence-corrected chi connectivity index (χ3v) is 3.28. The predicted octanol–water partition coefficient (Wildman–Crippen LogP) is 3.91. The summed E-state index contributed by atoms with van der Waals surface area (Å²) in [7, 11) is 0. The Hall–Kier alpha value is -2.80. The lowest BCUT2D eigenvalue weighted by Crippen LogP contribution is -1.88. The third kappa shape index (κ3) is 2.47. The Balaban J connectivity index is 2.68. The molecule has 2 rings (SSSR count). The van der Waals surface area contributed by atoms with Gasteiger partial charge in [0.15, 0.2) is 0 Å². The third-order valence-electron chi connectivity index (χ3n) is 3.28. The number of isocyanates is 2. The molecule has 0 aliphatic carbocycles. The van der Waals surface area contributed by atoms with Gasteiger partial charge in [0.25, 0.3) is 0 Å². The first kappa shape index (κ1) is 13.6. The number of para-hydroxylation sites is 1. The SMILES string of the molecule is Cc1c(N=C=O)ccc(-c2ccccc2N=C=O)c1C. The molecule has 0 saturated carbocycles. The minimum Gasteiger partial charge on any atom is -0.211 e. The van der Waals surface area contributed by atoms with Crippen molar-refractivity contribution < 1.29 is 9.59 Å². The minimum absolute atomic E-state index is 0.566. The fourth-order valence-electron chi connectivity index (χ4n) is 2.12. The van der Waals surface area contributed by atoms with Crippen LogP contribution in [-0.4, -0.2) is 12.2 Å². The zero-order valence-corrected chi connectivity index (χ0v) is 11.2. The Morgan fingerprint density at radius 2 is 1.40 bits per heavy atom. The molecule has 0 heterocycles. The van der Waals surface area contributed by atoms with Gasteiger partial charge in [-0.15, -0.1) is 0 Å². The van der Waals surface area contributed by atoms with Gasteiger partial charge in [0.1, 0.15) is 0 Å². The van der Waals surface area contributed by atoms with E-state index in [-0.39, 0.29) is 0 Å². The van der Waals surface area contributed by atoms with Crippen molar-refractivity contribution in [2.24, 2.45) is 9.98 Å². The summed E-state index contributed by atoms with van der Waals surface area (Å²) in [6.45, 7) is 3.83. The summed E-state index contributed by atoms with van der Waals surface area (Å²) in [6.07, 6.45) is 3.11. The van der Waals surface area contributed by atoms with Crippen LogP contribution in [0.4, 0.5) is 11.4 Å². The maximum atomic E-state index is 10.5. The molecule has 4 nitrogen and oxygen atoms in total. The normalized spacial score (nSPS) is 9.50. The Morgan fingerprint density at radius 1 is 0.750 bits per heavy atom. The topological polar surface area (TPSA) is 58.9 Å². The second-order valence-electron chi connectivity index (χ2n) is 4.31. The van der Waals surface area contributed by atoms with Crippen LogP contribution in [0.1, 0.15) is 11.1 Å². The molecule has 2 aromatic carbocycles. The van der Waals surface area contributed by atoms with E-state index in [4.69, 9.17) is 0 Å². The second kappa shape index (κ2) is 5.89. The van der Waals surface area contributed by atoms with E-state index in [9.17, 15) is 9.59 Å². The summed E-state index contributed by atoms with van der Waals surface area (Å²) in [5.74, 6) is 0. The van der Waals surface area contributed by atoms with Gasteiger partial charge < -0.3 is 0 Å². The average molecular weight is 264 g/mol. The van der Waals surface area contributed by atoms with Crippen molar-refractivity contribution in [2.75, 3.05) is 0 Å². The number of nitrogens with zero attached hydrogens (tertiary/aromatic N) is 2. The summed E-state index contributed by atoms with van der Waals surface area (Å²) < 4.78 is 0. The van der Waals surface area contributed by atoms with Crippen molar-refractivity contribution in [1.82, 2.24) is 0 Å². The van der Waals surface area contributed by atoms with Gasteiger partial charge in [-0.05, 0) is 42.7 Å². The fraction of sp³-hybridized carbons (Fsp3) is 0.125. The van der Waals surface area contributed by atoms with Crippen LogP contribution in [0.3, 0.4) is 0 Å². The highest BCUT2D eigenvalue weighted by Gasteiger charge is 2.10. The summed E-state index contributed by atoms with van der Waals surface area (Å²) in [5, 5.41) is 0. The van der Waals surface area contributed by atoms with E-state index < -0.39 is 0 Å². The van der Waals surface area contributed by atoms with E-state index in [1.165, 1.54) is 0 Å². The van der Waals surface area contributed by atoms with Crippen molar-refractivity contribution in [3.8, 4) is 11.1 Å². The van der Waals surface area contributed by atoms with Crippen LogP contribution in [0.2, 0.25) is 0 Å². The van der Waals surface area contributed by atoms with E-state index >= 15 is 0 Å². The molecule has 0 N–H and O–H groups in total. The smallest absolute Gasteiger partial charge is 0.211 e. The van der Waals surface area contributed by atoms with Gasteiger partial charge in [-0.3, -0.25) is 0 Å². The van der Waals surface area contributed by atoms with Gasteiger partial charge in [-0.1, -0.05) is 24.3 Å². The Labute approximate surface area is 116 Å². The van der Waals surface area contributed by atoms with Crippen molar-refractivity contribution in [3.63, 3.8) is 0 Å². The maximum absolute atomic E-state index is 10.5. The zero-order chi connectivity index (χ0) is 14.5. The standard InChI is InChI=1S/C16H12N2O2/c1-11-12(2)15(17-9-19)8-7-13(11)14-5-3-4-6-16(14)18-10-20/h3-8H,1-2H3. The molecule has 2 aromatic rings. The predicted molar refractivity (Wildman–Crippen MR) is 76.9 cm³/mol. The van der Waals surface area contributed by atoms with Crippen molar-refractivity contribution in [3.05, 3.63) is 47.5 Å². The Bertz CT molecular complexity index is 753. The molecule has 0 amide bonds. The van der Waals surface area contributed by atoms with E-state index in [1.807, 2.05) is 38.1 Å². The molecule has 0 fully saturated rings. The van der Waals surface area contributed by atoms with Crippen LogP contribution in [0.15, 0.2) is 46.4 Å². The number of hydrogen-bond acceptors (Lipinski definition) is 4.